The van der Waals surface area contributed by atoms with E-state index in [1.54, 1.807) is 12.1 Å². The number of amides is 1. The number of nitrogens with two attached hydrogens (primary N) is 2. The van der Waals surface area contributed by atoms with E-state index in [4.69, 9.17) is 11.5 Å². The number of para-hydroxylation sites is 1. The van der Waals surface area contributed by atoms with Crippen LogP contribution in [0.15, 0.2) is 18.2 Å². The third kappa shape index (κ3) is 2.72. The first-order chi connectivity index (χ1) is 9.46. The van der Waals surface area contributed by atoms with Crippen LogP contribution in [0, 0.1) is 0 Å². The van der Waals surface area contributed by atoms with Crippen molar-refractivity contribution in [3.63, 3.8) is 0 Å². The quantitative estimate of drug-likeness (QED) is 0.714. The number of carbonyl (C=O) groups excluding carboxylic acids is 1. The van der Waals surface area contributed by atoms with Gasteiger partial charge in [-0.05, 0) is 39.1 Å². The van der Waals surface area contributed by atoms with Crippen LogP contribution in [0.3, 0.4) is 0 Å². The molecule has 110 valence electrons. The van der Waals surface area contributed by atoms with Crippen LogP contribution in [0.4, 0.5) is 11.4 Å². The minimum absolute atomic E-state index is 0.176. The second-order valence-electron chi connectivity index (χ2n) is 5.81. The molecule has 0 unspecified atom stereocenters. The van der Waals surface area contributed by atoms with Crippen LogP contribution < -0.4 is 16.8 Å². The summed E-state index contributed by atoms with van der Waals surface area (Å²) in [6.07, 6.45) is 4.89. The number of hydrogen-bond donors (Lipinski definition) is 3. The maximum Gasteiger partial charge on any atom is 0.250 e. The van der Waals surface area contributed by atoms with Gasteiger partial charge in [0.25, 0.3) is 5.91 Å². The summed E-state index contributed by atoms with van der Waals surface area (Å²) in [5.41, 5.74) is 13.1. The Hall–Kier alpha value is -1.75. The molecular formula is C15H24N4O. The summed E-state index contributed by atoms with van der Waals surface area (Å²) >= 11 is 0. The number of likely N-dealkylation sites (N-methyl/N-ethyl adjacent to an activating group) is 1. The lowest BCUT2D eigenvalue weighted by molar-refractivity contribution is 0.100. The summed E-state index contributed by atoms with van der Waals surface area (Å²) < 4.78 is 0. The Bertz CT molecular complexity index is 493. The zero-order valence-electron chi connectivity index (χ0n) is 12.3. The Labute approximate surface area is 120 Å². The number of nitrogens with one attached hydrogen (secondary N) is 1. The monoisotopic (exact) mass is 276 g/mol. The number of hydrogen-bond acceptors (Lipinski definition) is 4. The lowest BCUT2D eigenvalue weighted by atomic mass is 9.95. The summed E-state index contributed by atoms with van der Waals surface area (Å²) in [5.74, 6) is -0.491. The zero-order chi connectivity index (χ0) is 14.8. The van der Waals surface area contributed by atoms with E-state index >= 15 is 0 Å². The van der Waals surface area contributed by atoms with E-state index in [2.05, 4.69) is 24.3 Å². The van der Waals surface area contributed by atoms with Crippen molar-refractivity contribution < 1.29 is 4.79 Å². The molecule has 1 aromatic carbocycles. The van der Waals surface area contributed by atoms with Gasteiger partial charge in [-0.2, -0.15) is 0 Å². The molecule has 0 radical (unpaired) electrons. The molecule has 0 heterocycles. The lowest BCUT2D eigenvalue weighted by Gasteiger charge is -2.37. The van der Waals surface area contributed by atoms with E-state index in [1.165, 1.54) is 25.7 Å². The topological polar surface area (TPSA) is 84.4 Å². The molecule has 0 aliphatic heterocycles. The Kier molecular flexibility index (Phi) is 4.18. The maximum atomic E-state index is 11.3. The zero-order valence-corrected chi connectivity index (χ0v) is 12.3. The fraction of sp³-hybridized carbons (Fsp3) is 0.533. The first-order valence-corrected chi connectivity index (χ1v) is 7.06. The number of anilines is 2. The van der Waals surface area contributed by atoms with Gasteiger partial charge in [0.15, 0.2) is 0 Å². The van der Waals surface area contributed by atoms with Crippen LogP contribution in [0.2, 0.25) is 0 Å². The molecule has 2 rings (SSSR count). The van der Waals surface area contributed by atoms with Gasteiger partial charge in [0, 0.05) is 12.1 Å². The maximum absolute atomic E-state index is 11.3. The first-order valence-electron chi connectivity index (χ1n) is 7.06. The Morgan fingerprint density at radius 3 is 2.55 bits per heavy atom. The van der Waals surface area contributed by atoms with Gasteiger partial charge in [-0.3, -0.25) is 4.79 Å². The molecule has 1 amide bonds. The van der Waals surface area contributed by atoms with Crippen molar-refractivity contribution in [3.8, 4) is 0 Å². The van der Waals surface area contributed by atoms with Crippen LogP contribution in [0.1, 0.15) is 36.0 Å². The van der Waals surface area contributed by atoms with Gasteiger partial charge in [-0.25, -0.2) is 0 Å². The third-order valence-corrected chi connectivity index (χ3v) is 4.46. The molecule has 1 saturated carbocycles. The molecule has 5 nitrogen and oxygen atoms in total. The fourth-order valence-corrected chi connectivity index (χ4v) is 3.01. The molecule has 5 N–H and O–H groups in total. The van der Waals surface area contributed by atoms with E-state index in [0.717, 1.165) is 12.2 Å². The molecule has 5 heteroatoms. The minimum Gasteiger partial charge on any atom is -0.396 e. The van der Waals surface area contributed by atoms with Gasteiger partial charge in [0.1, 0.15) is 0 Å². The van der Waals surface area contributed by atoms with Crippen molar-refractivity contribution in [2.24, 2.45) is 5.73 Å². The highest BCUT2D eigenvalue weighted by Gasteiger charge is 2.35. The molecule has 0 bridgehead atoms. The number of rotatable bonds is 5. The first kappa shape index (κ1) is 14.7. The highest BCUT2D eigenvalue weighted by molar-refractivity contribution is 6.00. The van der Waals surface area contributed by atoms with Crippen molar-refractivity contribution in [2.75, 3.05) is 31.7 Å². The molecule has 0 spiro atoms. The number of benzene rings is 1. The van der Waals surface area contributed by atoms with Gasteiger partial charge in [0.2, 0.25) is 0 Å². The van der Waals surface area contributed by atoms with E-state index in [1.807, 2.05) is 6.07 Å². The molecule has 1 aliphatic rings. The van der Waals surface area contributed by atoms with Gasteiger partial charge in [0.05, 0.1) is 16.9 Å². The second kappa shape index (κ2) is 5.71. The van der Waals surface area contributed by atoms with Gasteiger partial charge in [-0.1, -0.05) is 18.9 Å². The van der Waals surface area contributed by atoms with E-state index in [0.29, 0.717) is 11.3 Å². The lowest BCUT2D eigenvalue weighted by Crippen LogP contribution is -2.47. The average molecular weight is 276 g/mol. The van der Waals surface area contributed by atoms with Gasteiger partial charge in [-0.15, -0.1) is 0 Å². The highest BCUT2D eigenvalue weighted by Crippen LogP contribution is 2.34. The summed E-state index contributed by atoms with van der Waals surface area (Å²) in [6.45, 7) is 0.826. The minimum atomic E-state index is -0.491. The SMILES string of the molecule is CN(C)C1(CNc2cccc(C(N)=O)c2N)CCCC1. The molecule has 1 aromatic rings. The van der Waals surface area contributed by atoms with E-state index in [-0.39, 0.29) is 5.54 Å². The summed E-state index contributed by atoms with van der Waals surface area (Å²) in [4.78, 5) is 13.6. The summed E-state index contributed by atoms with van der Waals surface area (Å²) in [6, 6.07) is 5.34. The Balaban J connectivity index is 2.15. The molecular weight excluding hydrogens is 252 g/mol. The van der Waals surface area contributed by atoms with Crippen LogP contribution in [-0.2, 0) is 0 Å². The largest absolute Gasteiger partial charge is 0.396 e. The molecule has 20 heavy (non-hydrogen) atoms. The van der Waals surface area contributed by atoms with Gasteiger partial charge >= 0.3 is 0 Å². The smallest absolute Gasteiger partial charge is 0.250 e. The van der Waals surface area contributed by atoms with Crippen LogP contribution >= 0.6 is 0 Å². The van der Waals surface area contributed by atoms with Gasteiger partial charge < -0.3 is 21.7 Å². The normalized spacial score (nSPS) is 17.4. The third-order valence-electron chi connectivity index (χ3n) is 4.46. The molecule has 1 aliphatic carbocycles. The molecule has 1 fully saturated rings. The molecule has 0 atom stereocenters. The van der Waals surface area contributed by atoms with Crippen molar-refractivity contribution in [3.05, 3.63) is 23.8 Å². The van der Waals surface area contributed by atoms with Crippen LogP contribution in [-0.4, -0.2) is 37.0 Å². The van der Waals surface area contributed by atoms with Crippen molar-refractivity contribution in [1.82, 2.24) is 4.90 Å². The summed E-state index contributed by atoms with van der Waals surface area (Å²) in [7, 11) is 4.24. The molecule has 0 saturated heterocycles. The van der Waals surface area contributed by atoms with Crippen molar-refractivity contribution >= 4 is 17.3 Å². The van der Waals surface area contributed by atoms with Crippen molar-refractivity contribution in [2.45, 2.75) is 31.2 Å². The predicted molar refractivity (Wildman–Crippen MR) is 82.7 cm³/mol. The van der Waals surface area contributed by atoms with Crippen LogP contribution in [0.25, 0.3) is 0 Å². The predicted octanol–water partition coefficient (Wildman–Crippen LogP) is 1.65. The number of carbonyl (C=O) groups is 1. The average Bonchev–Trinajstić information content (AvgIpc) is 2.87. The Morgan fingerprint density at radius 2 is 2.00 bits per heavy atom. The van der Waals surface area contributed by atoms with E-state index < -0.39 is 5.91 Å². The summed E-state index contributed by atoms with van der Waals surface area (Å²) in [5, 5.41) is 3.40. The number of nitrogens with zero attached hydrogens (tertiary/aromatic N) is 1. The number of nitrogen functional groups attached to an aromatic ring is 1. The highest BCUT2D eigenvalue weighted by atomic mass is 16.1. The Morgan fingerprint density at radius 1 is 1.35 bits per heavy atom. The molecule has 0 aromatic heterocycles. The van der Waals surface area contributed by atoms with Crippen molar-refractivity contribution in [1.29, 1.82) is 0 Å². The number of primary amides is 1. The second-order valence-corrected chi connectivity index (χ2v) is 5.81. The fourth-order valence-electron chi connectivity index (χ4n) is 3.01. The van der Waals surface area contributed by atoms with E-state index in [9.17, 15) is 4.79 Å². The standard InChI is InChI=1S/C15H24N4O/c1-19(2)15(8-3-4-9-15)10-18-12-7-5-6-11(13(12)16)14(17)20/h5-7,18H,3-4,8-10,16H2,1-2H3,(H2,17,20). The van der Waals surface area contributed by atoms with Crippen LogP contribution in [0.5, 0.6) is 0 Å².